The first-order valence-electron chi connectivity index (χ1n) is 6.17. The first-order valence-corrected chi connectivity index (χ1v) is 6.98. The van der Waals surface area contributed by atoms with Crippen molar-refractivity contribution in [3.63, 3.8) is 0 Å². The van der Waals surface area contributed by atoms with Crippen molar-refractivity contribution in [1.29, 1.82) is 0 Å². The Balaban J connectivity index is 2.17. The summed E-state index contributed by atoms with van der Waals surface area (Å²) in [6.45, 7) is 5.69. The van der Waals surface area contributed by atoms with Gasteiger partial charge in [0.2, 0.25) is 0 Å². The number of halogens is 1. The standard InChI is InChI=1S/C14H15FN2OS/c1-3-17(4-2)14-16-13(18)12(19-14)9-10-5-7-11(15)8-6-10/h5-9H,3-4H2,1-2H3. The van der Waals surface area contributed by atoms with Gasteiger partial charge in [-0.25, -0.2) is 4.39 Å². The number of amides is 1. The van der Waals surface area contributed by atoms with Crippen molar-refractivity contribution >= 4 is 28.9 Å². The van der Waals surface area contributed by atoms with Crippen molar-refractivity contribution < 1.29 is 9.18 Å². The third kappa shape index (κ3) is 3.23. The van der Waals surface area contributed by atoms with E-state index in [-0.39, 0.29) is 11.7 Å². The lowest BCUT2D eigenvalue weighted by molar-refractivity contribution is -0.113. The molecular formula is C14H15FN2OS. The van der Waals surface area contributed by atoms with Gasteiger partial charge in [0.1, 0.15) is 5.82 Å². The summed E-state index contributed by atoms with van der Waals surface area (Å²) >= 11 is 1.37. The minimum absolute atomic E-state index is 0.226. The van der Waals surface area contributed by atoms with Gasteiger partial charge in [0.15, 0.2) is 5.17 Å². The molecule has 5 heteroatoms. The number of nitrogens with zero attached hydrogens (tertiary/aromatic N) is 2. The Morgan fingerprint density at radius 2 is 1.89 bits per heavy atom. The molecule has 2 rings (SSSR count). The lowest BCUT2D eigenvalue weighted by Crippen LogP contribution is -2.26. The first kappa shape index (κ1) is 13.8. The summed E-state index contributed by atoms with van der Waals surface area (Å²) in [5, 5.41) is 0.739. The molecule has 0 spiro atoms. The smallest absolute Gasteiger partial charge is 0.286 e. The minimum atomic E-state index is -0.285. The van der Waals surface area contributed by atoms with Gasteiger partial charge in [-0.15, -0.1) is 0 Å². The Kier molecular flexibility index (Phi) is 4.37. The van der Waals surface area contributed by atoms with Crippen molar-refractivity contribution in [2.75, 3.05) is 13.1 Å². The van der Waals surface area contributed by atoms with Crippen LogP contribution in [0.2, 0.25) is 0 Å². The summed E-state index contributed by atoms with van der Waals surface area (Å²) in [7, 11) is 0. The van der Waals surface area contributed by atoms with E-state index >= 15 is 0 Å². The third-order valence-corrected chi connectivity index (χ3v) is 3.86. The van der Waals surface area contributed by atoms with E-state index in [0.717, 1.165) is 23.8 Å². The number of benzene rings is 1. The molecule has 3 nitrogen and oxygen atoms in total. The largest absolute Gasteiger partial charge is 0.351 e. The Bertz CT molecular complexity index is 533. The van der Waals surface area contributed by atoms with Crippen molar-refractivity contribution in [2.45, 2.75) is 13.8 Å². The molecule has 1 aromatic rings. The van der Waals surface area contributed by atoms with Gasteiger partial charge in [0.25, 0.3) is 5.91 Å². The normalized spacial score (nSPS) is 16.9. The Labute approximate surface area is 116 Å². The fourth-order valence-electron chi connectivity index (χ4n) is 1.74. The van der Waals surface area contributed by atoms with Crippen LogP contribution >= 0.6 is 11.8 Å². The van der Waals surface area contributed by atoms with E-state index in [1.54, 1.807) is 18.2 Å². The van der Waals surface area contributed by atoms with Crippen LogP contribution in [-0.4, -0.2) is 29.1 Å². The van der Waals surface area contributed by atoms with Crippen LogP contribution in [-0.2, 0) is 4.79 Å². The maximum Gasteiger partial charge on any atom is 0.286 e. The van der Waals surface area contributed by atoms with Crippen LogP contribution in [0.3, 0.4) is 0 Å². The van der Waals surface area contributed by atoms with Gasteiger partial charge in [0, 0.05) is 13.1 Å². The molecule has 0 atom stereocenters. The minimum Gasteiger partial charge on any atom is -0.351 e. The molecule has 19 heavy (non-hydrogen) atoms. The number of aliphatic imine (C=N–C) groups is 1. The van der Waals surface area contributed by atoms with Crippen LogP contribution in [0.15, 0.2) is 34.2 Å². The summed E-state index contributed by atoms with van der Waals surface area (Å²) < 4.78 is 12.8. The molecule has 0 aromatic heterocycles. The maximum absolute atomic E-state index is 12.8. The number of carbonyl (C=O) groups is 1. The lowest BCUT2D eigenvalue weighted by atomic mass is 10.2. The Hall–Kier alpha value is -1.62. The second-order valence-corrected chi connectivity index (χ2v) is 5.04. The summed E-state index contributed by atoms with van der Waals surface area (Å²) in [5.41, 5.74) is 0.799. The first-order chi connectivity index (χ1) is 9.13. The van der Waals surface area contributed by atoms with Gasteiger partial charge in [-0.3, -0.25) is 4.79 Å². The van der Waals surface area contributed by atoms with E-state index in [1.807, 2.05) is 18.7 Å². The average molecular weight is 278 g/mol. The monoisotopic (exact) mass is 278 g/mol. The highest BCUT2D eigenvalue weighted by atomic mass is 32.2. The zero-order chi connectivity index (χ0) is 13.8. The number of amidine groups is 1. The number of carbonyl (C=O) groups excluding carboxylic acids is 1. The second-order valence-electron chi connectivity index (χ2n) is 4.03. The molecule has 0 fully saturated rings. The topological polar surface area (TPSA) is 32.7 Å². The molecule has 1 aliphatic rings. The second kappa shape index (κ2) is 6.02. The average Bonchev–Trinajstić information content (AvgIpc) is 2.75. The highest BCUT2D eigenvalue weighted by Gasteiger charge is 2.24. The highest BCUT2D eigenvalue weighted by molar-refractivity contribution is 8.18. The van der Waals surface area contributed by atoms with Gasteiger partial charge < -0.3 is 4.90 Å². The SMILES string of the molecule is CCN(CC)C1=NC(=O)C(=Cc2ccc(F)cc2)S1. The number of thioether (sulfide) groups is 1. The Morgan fingerprint density at radius 3 is 2.47 bits per heavy atom. The van der Waals surface area contributed by atoms with Crippen LogP contribution in [0.1, 0.15) is 19.4 Å². The fourth-order valence-corrected chi connectivity index (χ4v) is 2.78. The van der Waals surface area contributed by atoms with Gasteiger partial charge >= 0.3 is 0 Å². The van der Waals surface area contributed by atoms with Gasteiger partial charge in [-0.2, -0.15) is 4.99 Å². The predicted molar refractivity (Wildman–Crippen MR) is 77.3 cm³/mol. The third-order valence-electron chi connectivity index (χ3n) is 2.81. The van der Waals surface area contributed by atoms with Gasteiger partial charge in [0.05, 0.1) is 4.91 Å². The highest BCUT2D eigenvalue weighted by Crippen LogP contribution is 2.30. The van der Waals surface area contributed by atoms with Crippen LogP contribution in [0.4, 0.5) is 4.39 Å². The number of hydrogen-bond acceptors (Lipinski definition) is 3. The van der Waals surface area contributed by atoms with Crippen molar-refractivity contribution in [3.05, 3.63) is 40.6 Å². The van der Waals surface area contributed by atoms with E-state index in [4.69, 9.17) is 0 Å². The molecule has 0 N–H and O–H groups in total. The van der Waals surface area contributed by atoms with Gasteiger partial charge in [-0.05, 0) is 49.4 Å². The summed E-state index contributed by atoms with van der Waals surface area (Å²) in [6.07, 6.45) is 1.74. The van der Waals surface area contributed by atoms with E-state index in [9.17, 15) is 9.18 Å². The molecule has 1 heterocycles. The summed E-state index contributed by atoms with van der Waals surface area (Å²) in [5.74, 6) is -0.510. The van der Waals surface area contributed by atoms with E-state index in [2.05, 4.69) is 4.99 Å². The van der Waals surface area contributed by atoms with Crippen molar-refractivity contribution in [1.82, 2.24) is 4.90 Å². The zero-order valence-corrected chi connectivity index (χ0v) is 11.7. The molecule has 0 radical (unpaired) electrons. The maximum atomic E-state index is 12.8. The molecular weight excluding hydrogens is 263 g/mol. The van der Waals surface area contributed by atoms with Crippen molar-refractivity contribution in [2.24, 2.45) is 4.99 Å². The van der Waals surface area contributed by atoms with Crippen LogP contribution in [0.5, 0.6) is 0 Å². The van der Waals surface area contributed by atoms with Crippen LogP contribution in [0.25, 0.3) is 6.08 Å². The van der Waals surface area contributed by atoms with Gasteiger partial charge in [-0.1, -0.05) is 12.1 Å². The summed E-state index contributed by atoms with van der Waals surface area (Å²) in [4.78, 5) is 18.5. The van der Waals surface area contributed by atoms with Crippen molar-refractivity contribution in [3.8, 4) is 0 Å². The molecule has 0 aliphatic carbocycles. The molecule has 0 bridgehead atoms. The van der Waals surface area contributed by atoms with E-state index in [1.165, 1.54) is 23.9 Å². The molecule has 1 aromatic carbocycles. The number of rotatable bonds is 3. The molecule has 0 saturated carbocycles. The van der Waals surface area contributed by atoms with Crippen LogP contribution < -0.4 is 0 Å². The Morgan fingerprint density at radius 1 is 1.26 bits per heavy atom. The number of hydrogen-bond donors (Lipinski definition) is 0. The molecule has 1 amide bonds. The van der Waals surface area contributed by atoms with E-state index < -0.39 is 0 Å². The van der Waals surface area contributed by atoms with E-state index in [0.29, 0.717) is 4.91 Å². The molecule has 1 aliphatic heterocycles. The quantitative estimate of drug-likeness (QED) is 0.796. The molecule has 0 saturated heterocycles. The van der Waals surface area contributed by atoms with Crippen LogP contribution in [0, 0.1) is 5.82 Å². The zero-order valence-electron chi connectivity index (χ0n) is 10.9. The fraction of sp³-hybridized carbons (Fsp3) is 0.286. The lowest BCUT2D eigenvalue weighted by Gasteiger charge is -2.18. The summed E-state index contributed by atoms with van der Waals surface area (Å²) in [6, 6.07) is 6.04. The predicted octanol–water partition coefficient (Wildman–Crippen LogP) is 3.14. The molecule has 100 valence electrons. The molecule has 0 unspecified atom stereocenters.